The van der Waals surface area contributed by atoms with Gasteiger partial charge in [0.1, 0.15) is 0 Å². The molecular formula is C8H13N3O4S. The molecule has 0 spiro atoms. The SMILES string of the molecule is CC(C)(C)NS(=O)(=O)c1c[nH]c(=O)[nH]c1=O. The van der Waals surface area contributed by atoms with E-state index in [1.807, 2.05) is 4.98 Å². The first-order valence-electron chi connectivity index (χ1n) is 4.48. The molecule has 8 heteroatoms. The highest BCUT2D eigenvalue weighted by Crippen LogP contribution is 2.06. The molecule has 0 aliphatic rings. The van der Waals surface area contributed by atoms with E-state index in [4.69, 9.17) is 0 Å². The maximum Gasteiger partial charge on any atom is 0.325 e. The van der Waals surface area contributed by atoms with Crippen LogP contribution in [-0.4, -0.2) is 23.9 Å². The second-order valence-electron chi connectivity index (χ2n) is 4.29. The quantitative estimate of drug-likeness (QED) is 0.631. The third kappa shape index (κ3) is 3.04. The molecule has 0 saturated heterocycles. The molecule has 90 valence electrons. The van der Waals surface area contributed by atoms with Crippen LogP contribution in [-0.2, 0) is 10.0 Å². The van der Waals surface area contributed by atoms with Crippen LogP contribution in [0.5, 0.6) is 0 Å². The van der Waals surface area contributed by atoms with Crippen LogP contribution in [0.25, 0.3) is 0 Å². The van der Waals surface area contributed by atoms with Crippen molar-refractivity contribution in [1.82, 2.24) is 14.7 Å². The van der Waals surface area contributed by atoms with Gasteiger partial charge in [0.2, 0.25) is 10.0 Å². The normalized spacial score (nSPS) is 12.7. The standard InChI is InChI=1S/C8H13N3O4S/c1-8(2,3)11-16(14,15)5-4-9-7(13)10-6(5)12/h4,11H,1-3H3,(H2,9,10,12,13). The van der Waals surface area contributed by atoms with Crippen molar-refractivity contribution in [3.63, 3.8) is 0 Å². The van der Waals surface area contributed by atoms with Gasteiger partial charge in [-0.1, -0.05) is 0 Å². The zero-order chi connectivity index (χ0) is 12.6. The molecule has 3 N–H and O–H groups in total. The van der Waals surface area contributed by atoms with E-state index in [2.05, 4.69) is 9.71 Å². The maximum absolute atomic E-state index is 11.7. The van der Waals surface area contributed by atoms with Gasteiger partial charge >= 0.3 is 5.69 Å². The van der Waals surface area contributed by atoms with Crippen molar-refractivity contribution < 1.29 is 8.42 Å². The van der Waals surface area contributed by atoms with Crippen molar-refractivity contribution in [2.75, 3.05) is 0 Å². The lowest BCUT2D eigenvalue weighted by molar-refractivity contribution is 0.490. The van der Waals surface area contributed by atoms with Crippen LogP contribution in [0, 0.1) is 0 Å². The molecule has 0 aliphatic carbocycles. The lowest BCUT2D eigenvalue weighted by atomic mass is 10.1. The number of rotatable bonds is 2. The summed E-state index contributed by atoms with van der Waals surface area (Å²) in [6.45, 7) is 4.93. The fourth-order valence-corrected chi connectivity index (χ4v) is 2.48. The monoisotopic (exact) mass is 247 g/mol. The molecule has 1 aromatic heterocycles. The molecule has 0 aliphatic heterocycles. The average Bonchev–Trinajstić information content (AvgIpc) is 1.97. The number of nitrogens with one attached hydrogen (secondary N) is 3. The minimum absolute atomic E-state index is 0.512. The van der Waals surface area contributed by atoms with Gasteiger partial charge in [0.15, 0.2) is 4.90 Å². The molecule has 1 aromatic rings. The van der Waals surface area contributed by atoms with E-state index in [0.29, 0.717) is 0 Å². The molecule has 1 rings (SSSR count). The molecule has 16 heavy (non-hydrogen) atoms. The Morgan fingerprint density at radius 1 is 1.25 bits per heavy atom. The van der Waals surface area contributed by atoms with E-state index in [0.717, 1.165) is 6.20 Å². The summed E-state index contributed by atoms with van der Waals surface area (Å²) in [6, 6.07) is 0. The van der Waals surface area contributed by atoms with Crippen molar-refractivity contribution in [2.45, 2.75) is 31.2 Å². The lowest BCUT2D eigenvalue weighted by Gasteiger charge is -2.19. The summed E-state index contributed by atoms with van der Waals surface area (Å²) in [5, 5.41) is 0. The molecule has 0 saturated carbocycles. The fraction of sp³-hybridized carbons (Fsp3) is 0.500. The van der Waals surface area contributed by atoms with Crippen LogP contribution in [0.2, 0.25) is 0 Å². The zero-order valence-corrected chi connectivity index (χ0v) is 9.94. The smallest absolute Gasteiger partial charge is 0.313 e. The van der Waals surface area contributed by atoms with Gasteiger partial charge < -0.3 is 4.98 Å². The minimum atomic E-state index is -3.93. The number of H-pyrrole nitrogens is 2. The van der Waals surface area contributed by atoms with Gasteiger partial charge in [-0.2, -0.15) is 0 Å². The third-order valence-electron chi connectivity index (χ3n) is 1.52. The summed E-state index contributed by atoms with van der Waals surface area (Å²) in [7, 11) is -3.93. The molecule has 0 aromatic carbocycles. The van der Waals surface area contributed by atoms with Gasteiger partial charge in [-0.15, -0.1) is 0 Å². The highest BCUT2D eigenvalue weighted by Gasteiger charge is 2.24. The summed E-state index contributed by atoms with van der Waals surface area (Å²) in [5.74, 6) is 0. The second kappa shape index (κ2) is 3.87. The number of aromatic nitrogens is 2. The Hall–Kier alpha value is -1.41. The van der Waals surface area contributed by atoms with Crippen LogP contribution in [0.3, 0.4) is 0 Å². The van der Waals surface area contributed by atoms with Crippen molar-refractivity contribution in [1.29, 1.82) is 0 Å². The van der Waals surface area contributed by atoms with Gasteiger partial charge in [0.05, 0.1) is 0 Å². The summed E-state index contributed by atoms with van der Waals surface area (Å²) in [4.78, 5) is 25.4. The third-order valence-corrected chi connectivity index (χ3v) is 3.28. The number of sulfonamides is 1. The van der Waals surface area contributed by atoms with Gasteiger partial charge in [-0.3, -0.25) is 9.78 Å². The molecule has 0 bridgehead atoms. The van der Waals surface area contributed by atoms with Crippen molar-refractivity contribution in [3.8, 4) is 0 Å². The molecule has 0 radical (unpaired) electrons. The molecular weight excluding hydrogens is 234 g/mol. The number of aromatic amines is 2. The fourth-order valence-electron chi connectivity index (χ4n) is 1.06. The maximum atomic E-state index is 11.7. The molecule has 0 amide bonds. The molecule has 0 atom stereocenters. The summed E-state index contributed by atoms with van der Waals surface area (Å²) >= 11 is 0. The van der Waals surface area contributed by atoms with E-state index in [9.17, 15) is 18.0 Å². The van der Waals surface area contributed by atoms with Crippen LogP contribution in [0.4, 0.5) is 0 Å². The Balaban J connectivity index is 3.29. The van der Waals surface area contributed by atoms with E-state index >= 15 is 0 Å². The van der Waals surface area contributed by atoms with Crippen LogP contribution in [0.15, 0.2) is 20.7 Å². The Morgan fingerprint density at radius 3 is 2.25 bits per heavy atom. The minimum Gasteiger partial charge on any atom is -0.313 e. The summed E-state index contributed by atoms with van der Waals surface area (Å²) < 4.78 is 25.8. The summed E-state index contributed by atoms with van der Waals surface area (Å²) in [6.07, 6.45) is 0.870. The van der Waals surface area contributed by atoms with Gasteiger partial charge in [0, 0.05) is 11.7 Å². The summed E-state index contributed by atoms with van der Waals surface area (Å²) in [5.41, 5.74) is -2.40. The van der Waals surface area contributed by atoms with Crippen LogP contribution >= 0.6 is 0 Å². The Bertz CT molecular complexity index is 591. The Morgan fingerprint density at radius 2 is 1.81 bits per heavy atom. The highest BCUT2D eigenvalue weighted by atomic mass is 32.2. The highest BCUT2D eigenvalue weighted by molar-refractivity contribution is 7.89. The van der Waals surface area contributed by atoms with Gasteiger partial charge in [-0.05, 0) is 20.8 Å². The van der Waals surface area contributed by atoms with E-state index in [1.54, 1.807) is 20.8 Å². The first kappa shape index (κ1) is 12.7. The number of hydrogen-bond acceptors (Lipinski definition) is 4. The zero-order valence-electron chi connectivity index (χ0n) is 9.12. The Labute approximate surface area is 92.0 Å². The number of hydrogen-bond donors (Lipinski definition) is 3. The van der Waals surface area contributed by atoms with Crippen molar-refractivity contribution >= 4 is 10.0 Å². The molecule has 0 fully saturated rings. The van der Waals surface area contributed by atoms with Gasteiger partial charge in [-0.25, -0.2) is 17.9 Å². The second-order valence-corrected chi connectivity index (χ2v) is 5.94. The van der Waals surface area contributed by atoms with E-state index < -0.39 is 31.7 Å². The molecule has 7 nitrogen and oxygen atoms in total. The average molecular weight is 247 g/mol. The van der Waals surface area contributed by atoms with Crippen molar-refractivity contribution in [2.24, 2.45) is 0 Å². The Kier molecular flexibility index (Phi) is 3.06. The van der Waals surface area contributed by atoms with Gasteiger partial charge in [0.25, 0.3) is 5.56 Å². The largest absolute Gasteiger partial charge is 0.325 e. The van der Waals surface area contributed by atoms with E-state index in [1.165, 1.54) is 0 Å². The van der Waals surface area contributed by atoms with Crippen LogP contribution < -0.4 is 16.0 Å². The van der Waals surface area contributed by atoms with Crippen molar-refractivity contribution in [3.05, 3.63) is 27.0 Å². The van der Waals surface area contributed by atoms with E-state index in [-0.39, 0.29) is 0 Å². The molecule has 1 heterocycles. The predicted molar refractivity (Wildman–Crippen MR) is 57.8 cm³/mol. The molecule has 0 unspecified atom stereocenters. The topological polar surface area (TPSA) is 112 Å². The van der Waals surface area contributed by atoms with Crippen LogP contribution in [0.1, 0.15) is 20.8 Å². The predicted octanol–water partition coefficient (Wildman–Crippen LogP) is -0.860. The first-order valence-corrected chi connectivity index (χ1v) is 5.96. The first-order chi connectivity index (χ1) is 7.12. The lowest BCUT2D eigenvalue weighted by Crippen LogP contribution is -2.43.